The molecule has 0 fully saturated rings. The smallest absolute Gasteiger partial charge is 0.0638 e. The second-order valence-electron chi connectivity index (χ2n) is 1.64. The van der Waals surface area contributed by atoms with Crippen LogP contribution in [0.2, 0.25) is 0 Å². The van der Waals surface area contributed by atoms with Crippen LogP contribution in [-0.4, -0.2) is 22.4 Å². The highest BCUT2D eigenvalue weighted by atomic mass is 32.2. The Morgan fingerprint density at radius 1 is 1.89 bits per heavy atom. The van der Waals surface area contributed by atoms with Crippen LogP contribution in [0.15, 0.2) is 17.8 Å². The summed E-state index contributed by atoms with van der Waals surface area (Å²) in [5.74, 6) is 1.69. The quantitative estimate of drug-likeness (QED) is 0.215. The molecule has 0 bridgehead atoms. The molecule has 0 heterocycles. The first-order chi connectivity index (χ1) is 4.31. The maximum absolute atomic E-state index is 8.18. The topological polar surface area (TPSA) is 32.6 Å². The van der Waals surface area contributed by atoms with E-state index >= 15 is 0 Å². The van der Waals surface area contributed by atoms with E-state index in [9.17, 15) is 0 Å². The summed E-state index contributed by atoms with van der Waals surface area (Å²) in [6.45, 7) is 5.35. The number of hydrogen-bond acceptors (Lipinski definition) is 3. The lowest BCUT2D eigenvalue weighted by molar-refractivity contribution is 0.318. The molecule has 0 saturated carbocycles. The zero-order chi connectivity index (χ0) is 7.11. The van der Waals surface area contributed by atoms with Gasteiger partial charge in [0.25, 0.3) is 0 Å². The average molecular weight is 145 g/mol. The van der Waals surface area contributed by atoms with Crippen LogP contribution in [-0.2, 0) is 0 Å². The zero-order valence-electron chi connectivity index (χ0n) is 5.50. The van der Waals surface area contributed by atoms with E-state index in [1.807, 2.05) is 6.08 Å². The molecule has 0 radical (unpaired) electrons. The van der Waals surface area contributed by atoms with Gasteiger partial charge < -0.3 is 5.21 Å². The van der Waals surface area contributed by atoms with Gasteiger partial charge in [0, 0.05) is 11.5 Å². The third kappa shape index (κ3) is 5.43. The van der Waals surface area contributed by atoms with Gasteiger partial charge in [0.2, 0.25) is 0 Å². The Bertz CT molecular complexity index is 112. The summed E-state index contributed by atoms with van der Waals surface area (Å²) >= 11 is 1.68. The standard InChI is InChI=1S/C6H11NOS/c1-3-4-9-5-6(2)7-8/h3,8H,1,4-5H2,2H3/b7-6-. The van der Waals surface area contributed by atoms with E-state index in [1.54, 1.807) is 18.7 Å². The lowest BCUT2D eigenvalue weighted by Crippen LogP contribution is -1.94. The van der Waals surface area contributed by atoms with Gasteiger partial charge in [0.15, 0.2) is 0 Å². The summed E-state index contributed by atoms with van der Waals surface area (Å²) in [4.78, 5) is 0. The molecule has 0 aromatic carbocycles. The summed E-state index contributed by atoms with van der Waals surface area (Å²) in [6, 6.07) is 0. The maximum Gasteiger partial charge on any atom is 0.0638 e. The van der Waals surface area contributed by atoms with Crippen LogP contribution in [0.25, 0.3) is 0 Å². The minimum Gasteiger partial charge on any atom is -0.411 e. The van der Waals surface area contributed by atoms with E-state index in [2.05, 4.69) is 11.7 Å². The van der Waals surface area contributed by atoms with E-state index in [0.717, 1.165) is 17.2 Å². The normalized spacial score (nSPS) is 11.4. The molecule has 0 amide bonds. The fourth-order valence-corrected chi connectivity index (χ4v) is 0.956. The molecule has 52 valence electrons. The molecule has 0 aliphatic rings. The summed E-state index contributed by atoms with van der Waals surface area (Å²) < 4.78 is 0. The second-order valence-corrected chi connectivity index (χ2v) is 2.67. The molecule has 0 saturated heterocycles. The molecule has 0 spiro atoms. The first-order valence-corrected chi connectivity index (χ1v) is 3.83. The van der Waals surface area contributed by atoms with Gasteiger partial charge in [-0.25, -0.2) is 0 Å². The minimum atomic E-state index is 0.752. The first-order valence-electron chi connectivity index (χ1n) is 2.67. The van der Waals surface area contributed by atoms with Crippen LogP contribution in [0.5, 0.6) is 0 Å². The highest BCUT2D eigenvalue weighted by Crippen LogP contribution is 1.99. The Hall–Kier alpha value is -0.440. The second kappa shape index (κ2) is 5.69. The lowest BCUT2D eigenvalue weighted by atomic mass is 10.5. The summed E-state index contributed by atoms with van der Waals surface area (Å²) in [6.07, 6.45) is 1.83. The van der Waals surface area contributed by atoms with Crippen molar-refractivity contribution in [3.63, 3.8) is 0 Å². The predicted octanol–water partition coefficient (Wildman–Crippen LogP) is 1.76. The Kier molecular flexibility index (Phi) is 5.41. The van der Waals surface area contributed by atoms with Crippen molar-refractivity contribution in [2.24, 2.45) is 5.16 Å². The van der Waals surface area contributed by atoms with Gasteiger partial charge in [0.05, 0.1) is 5.71 Å². The molecule has 9 heavy (non-hydrogen) atoms. The summed E-state index contributed by atoms with van der Waals surface area (Å²) in [7, 11) is 0. The van der Waals surface area contributed by atoms with Crippen molar-refractivity contribution >= 4 is 17.5 Å². The number of rotatable bonds is 4. The van der Waals surface area contributed by atoms with Crippen molar-refractivity contribution in [1.82, 2.24) is 0 Å². The molecule has 2 nitrogen and oxygen atoms in total. The van der Waals surface area contributed by atoms with Crippen molar-refractivity contribution in [1.29, 1.82) is 0 Å². The van der Waals surface area contributed by atoms with Crippen LogP contribution < -0.4 is 0 Å². The molecule has 0 rings (SSSR count). The predicted molar refractivity (Wildman–Crippen MR) is 42.4 cm³/mol. The summed E-state index contributed by atoms with van der Waals surface area (Å²) in [5.41, 5.74) is 0.752. The van der Waals surface area contributed by atoms with Gasteiger partial charge in [-0.1, -0.05) is 11.2 Å². The van der Waals surface area contributed by atoms with Crippen LogP contribution in [0, 0.1) is 0 Å². The molecular formula is C6H11NOS. The Labute approximate surface area is 59.6 Å². The molecule has 0 atom stereocenters. The van der Waals surface area contributed by atoms with Crippen LogP contribution in [0.3, 0.4) is 0 Å². The third-order valence-electron chi connectivity index (χ3n) is 0.717. The lowest BCUT2D eigenvalue weighted by Gasteiger charge is -1.92. The van der Waals surface area contributed by atoms with Crippen molar-refractivity contribution in [2.45, 2.75) is 6.92 Å². The van der Waals surface area contributed by atoms with Crippen molar-refractivity contribution in [3.8, 4) is 0 Å². The molecule has 1 N–H and O–H groups in total. The van der Waals surface area contributed by atoms with Crippen LogP contribution in [0.1, 0.15) is 6.92 Å². The van der Waals surface area contributed by atoms with Crippen molar-refractivity contribution < 1.29 is 5.21 Å². The Balaban J connectivity index is 3.17. The largest absolute Gasteiger partial charge is 0.411 e. The van der Waals surface area contributed by atoms with Gasteiger partial charge in [-0.15, -0.1) is 6.58 Å². The van der Waals surface area contributed by atoms with E-state index in [1.165, 1.54) is 0 Å². The van der Waals surface area contributed by atoms with E-state index < -0.39 is 0 Å². The highest BCUT2D eigenvalue weighted by Gasteiger charge is 1.88. The molecular weight excluding hydrogens is 134 g/mol. The van der Waals surface area contributed by atoms with E-state index in [0.29, 0.717) is 0 Å². The molecule has 0 aliphatic heterocycles. The Morgan fingerprint density at radius 2 is 2.56 bits per heavy atom. The van der Waals surface area contributed by atoms with Crippen LogP contribution >= 0.6 is 11.8 Å². The van der Waals surface area contributed by atoms with Crippen LogP contribution in [0.4, 0.5) is 0 Å². The van der Waals surface area contributed by atoms with Gasteiger partial charge in [-0.2, -0.15) is 11.8 Å². The molecule has 3 heteroatoms. The number of nitrogens with zero attached hydrogens (tertiary/aromatic N) is 1. The van der Waals surface area contributed by atoms with Crippen molar-refractivity contribution in [3.05, 3.63) is 12.7 Å². The maximum atomic E-state index is 8.18. The molecule has 0 aromatic rings. The third-order valence-corrected chi connectivity index (χ3v) is 1.81. The molecule has 0 aliphatic carbocycles. The fraction of sp³-hybridized carbons (Fsp3) is 0.500. The van der Waals surface area contributed by atoms with Gasteiger partial charge in [-0.05, 0) is 6.92 Å². The average Bonchev–Trinajstić information content (AvgIpc) is 1.89. The SMILES string of the molecule is C=CCSC/C(C)=N\O. The highest BCUT2D eigenvalue weighted by molar-refractivity contribution is 8.00. The molecule has 0 unspecified atom stereocenters. The molecule has 0 aromatic heterocycles. The van der Waals surface area contributed by atoms with Crippen molar-refractivity contribution in [2.75, 3.05) is 11.5 Å². The summed E-state index contributed by atoms with van der Waals surface area (Å²) in [5, 5.41) is 11.2. The first kappa shape index (κ1) is 8.56. The zero-order valence-corrected chi connectivity index (χ0v) is 6.32. The van der Waals surface area contributed by atoms with E-state index in [-0.39, 0.29) is 0 Å². The number of oxime groups is 1. The van der Waals surface area contributed by atoms with Gasteiger partial charge >= 0.3 is 0 Å². The van der Waals surface area contributed by atoms with Gasteiger partial charge in [0.1, 0.15) is 0 Å². The number of thioether (sulfide) groups is 1. The Morgan fingerprint density at radius 3 is 3.00 bits per heavy atom. The monoisotopic (exact) mass is 145 g/mol. The number of hydrogen-bond donors (Lipinski definition) is 1. The van der Waals surface area contributed by atoms with E-state index in [4.69, 9.17) is 5.21 Å². The van der Waals surface area contributed by atoms with Gasteiger partial charge in [-0.3, -0.25) is 0 Å². The fourth-order valence-electron chi connectivity index (χ4n) is 0.319. The minimum absolute atomic E-state index is 0.752.